The lowest BCUT2D eigenvalue weighted by Crippen LogP contribution is -2.60. The van der Waals surface area contributed by atoms with Gasteiger partial charge in [0.05, 0.1) is 32.0 Å². The van der Waals surface area contributed by atoms with Crippen molar-refractivity contribution in [2.75, 3.05) is 19.8 Å². The zero-order chi connectivity index (χ0) is 60.2. The number of aliphatic hydroxyl groups is 5. The lowest BCUT2D eigenvalue weighted by Gasteiger charge is -2.40. The molecule has 11 nitrogen and oxygen atoms in total. The third kappa shape index (κ3) is 50.8. The van der Waals surface area contributed by atoms with Crippen molar-refractivity contribution >= 4 is 11.9 Å². The van der Waals surface area contributed by atoms with Crippen molar-refractivity contribution in [3.05, 3.63) is 24.3 Å². The summed E-state index contributed by atoms with van der Waals surface area (Å²) >= 11 is 0. The second-order valence-electron chi connectivity index (χ2n) is 25.3. The minimum atomic E-state index is -1.57. The molecule has 1 amide bonds. The van der Waals surface area contributed by atoms with E-state index in [9.17, 15) is 35.1 Å². The molecule has 0 bridgehead atoms. The van der Waals surface area contributed by atoms with E-state index >= 15 is 0 Å². The Morgan fingerprint density at radius 2 is 0.771 bits per heavy atom. The molecule has 1 heterocycles. The zero-order valence-corrected chi connectivity index (χ0v) is 54.4. The van der Waals surface area contributed by atoms with Gasteiger partial charge in [0.2, 0.25) is 5.91 Å². The Hall–Kier alpha value is -1.86. The number of carbonyl (C=O) groups excluding carboxylic acids is 2. The number of nitrogens with one attached hydrogen (secondary N) is 1. The van der Waals surface area contributed by atoms with Crippen LogP contribution < -0.4 is 5.32 Å². The minimum Gasteiger partial charge on any atom is -0.466 e. The Bertz CT molecular complexity index is 1430. The van der Waals surface area contributed by atoms with Gasteiger partial charge in [-0.05, 0) is 57.8 Å². The van der Waals surface area contributed by atoms with Crippen LogP contribution in [0, 0.1) is 0 Å². The summed E-state index contributed by atoms with van der Waals surface area (Å²) in [5.74, 6) is -0.166. The molecule has 490 valence electrons. The van der Waals surface area contributed by atoms with Gasteiger partial charge in [0.15, 0.2) is 6.29 Å². The number of hydrogen-bond donors (Lipinski definition) is 6. The van der Waals surface area contributed by atoms with Crippen molar-refractivity contribution in [3.8, 4) is 0 Å². The van der Waals surface area contributed by atoms with Gasteiger partial charge < -0.3 is 45.1 Å². The summed E-state index contributed by atoms with van der Waals surface area (Å²) in [6.45, 7) is 4.37. The highest BCUT2D eigenvalue weighted by Gasteiger charge is 2.44. The topological polar surface area (TPSA) is 175 Å². The molecule has 7 atom stereocenters. The Morgan fingerprint density at radius 3 is 1.16 bits per heavy atom. The van der Waals surface area contributed by atoms with Crippen molar-refractivity contribution in [2.45, 2.75) is 403 Å². The number of rotatable bonds is 64. The number of amides is 1. The van der Waals surface area contributed by atoms with Gasteiger partial charge in [-0.3, -0.25) is 9.59 Å². The molecule has 1 fully saturated rings. The molecule has 0 aromatic heterocycles. The van der Waals surface area contributed by atoms with Crippen molar-refractivity contribution in [1.82, 2.24) is 5.32 Å². The predicted molar refractivity (Wildman–Crippen MR) is 348 cm³/mol. The summed E-state index contributed by atoms with van der Waals surface area (Å²) in [5, 5.41) is 54.5. The van der Waals surface area contributed by atoms with Crippen molar-refractivity contribution in [2.24, 2.45) is 0 Å². The number of unbranched alkanes of at least 4 members (excludes halogenated alkanes) is 48. The number of carbonyl (C=O) groups is 2. The van der Waals surface area contributed by atoms with Crippen LogP contribution in [-0.2, 0) is 23.8 Å². The van der Waals surface area contributed by atoms with E-state index in [-0.39, 0.29) is 18.5 Å². The Kier molecular flexibility index (Phi) is 58.9. The number of allylic oxidation sites excluding steroid dienone is 3. The Morgan fingerprint density at radius 1 is 0.434 bits per heavy atom. The smallest absolute Gasteiger partial charge is 0.305 e. The molecule has 0 aromatic carbocycles. The fourth-order valence-corrected chi connectivity index (χ4v) is 11.6. The maximum Gasteiger partial charge on any atom is 0.305 e. The van der Waals surface area contributed by atoms with Gasteiger partial charge in [-0.25, -0.2) is 0 Å². The van der Waals surface area contributed by atoms with Crippen LogP contribution in [-0.4, -0.2) is 100 Å². The van der Waals surface area contributed by atoms with Crippen LogP contribution in [0.3, 0.4) is 0 Å². The van der Waals surface area contributed by atoms with E-state index in [1.54, 1.807) is 6.08 Å². The standard InChI is InChI=1S/C72H137NO10/c1-3-5-7-9-11-13-15-39-42-46-50-54-58-65(75)64(63-82-72-71(80)70(79)69(78)66(62-74)83-72)73-67(76)59-55-51-47-43-40-36-34-32-30-28-26-24-22-20-18-16-17-19-21-23-25-27-29-31-33-35-37-41-45-49-53-57-61-81-68(77)60-56-52-48-44-38-14-12-10-8-6-4-2/h19,21,54,58,64-66,69-72,74-75,78-80H,3-18,20,22-53,55-57,59-63H2,1-2H3,(H,73,76)/b21-19-,58-54+. The van der Waals surface area contributed by atoms with E-state index in [0.717, 1.165) is 51.4 Å². The summed E-state index contributed by atoms with van der Waals surface area (Å²) in [5.41, 5.74) is 0. The first-order chi connectivity index (χ1) is 40.7. The highest BCUT2D eigenvalue weighted by atomic mass is 16.7. The fraction of sp³-hybridized carbons (Fsp3) is 0.917. The minimum absolute atomic E-state index is 0.0108. The largest absolute Gasteiger partial charge is 0.466 e. The predicted octanol–water partition coefficient (Wildman–Crippen LogP) is 18.4. The molecule has 7 unspecified atom stereocenters. The molecule has 0 spiro atoms. The molecule has 83 heavy (non-hydrogen) atoms. The van der Waals surface area contributed by atoms with Gasteiger partial charge in [-0.2, -0.15) is 0 Å². The monoisotopic (exact) mass is 1180 g/mol. The van der Waals surface area contributed by atoms with Gasteiger partial charge in [0, 0.05) is 12.8 Å². The van der Waals surface area contributed by atoms with E-state index in [4.69, 9.17) is 14.2 Å². The summed E-state index contributed by atoms with van der Waals surface area (Å²) in [7, 11) is 0. The zero-order valence-electron chi connectivity index (χ0n) is 54.4. The summed E-state index contributed by atoms with van der Waals surface area (Å²) in [4.78, 5) is 25.1. The highest BCUT2D eigenvalue weighted by molar-refractivity contribution is 5.76. The average Bonchev–Trinajstić information content (AvgIpc) is 3.55. The number of esters is 1. The first-order valence-corrected chi connectivity index (χ1v) is 36.1. The number of ether oxygens (including phenoxy) is 3. The Labute approximate surface area is 511 Å². The van der Waals surface area contributed by atoms with Gasteiger partial charge in [-0.15, -0.1) is 0 Å². The lowest BCUT2D eigenvalue weighted by atomic mass is 9.99. The highest BCUT2D eigenvalue weighted by Crippen LogP contribution is 2.23. The van der Waals surface area contributed by atoms with E-state index < -0.39 is 49.5 Å². The van der Waals surface area contributed by atoms with Crippen molar-refractivity contribution in [1.29, 1.82) is 0 Å². The molecule has 0 aromatic rings. The number of hydrogen-bond acceptors (Lipinski definition) is 10. The SMILES string of the molecule is CCCCCCCCCCCC/C=C/C(O)C(COC1OC(CO)C(O)C(O)C1O)NC(=O)CCCCCCCCCCCCCCCCCC/C=C\CCCCCCCCCCCCCCOC(=O)CCCCCCCCCCCCC. The molecular weight excluding hydrogens is 1040 g/mol. The average molecular weight is 1180 g/mol. The molecule has 0 aliphatic carbocycles. The lowest BCUT2D eigenvalue weighted by molar-refractivity contribution is -0.302. The van der Waals surface area contributed by atoms with Crippen molar-refractivity contribution in [3.63, 3.8) is 0 Å². The van der Waals surface area contributed by atoms with Crippen LogP contribution >= 0.6 is 0 Å². The first-order valence-electron chi connectivity index (χ1n) is 36.1. The third-order valence-electron chi connectivity index (χ3n) is 17.3. The maximum atomic E-state index is 13.1. The molecule has 0 radical (unpaired) electrons. The summed E-state index contributed by atoms with van der Waals surface area (Å²) < 4.78 is 16.7. The van der Waals surface area contributed by atoms with Gasteiger partial charge in [0.1, 0.15) is 24.4 Å². The molecule has 11 heteroatoms. The third-order valence-corrected chi connectivity index (χ3v) is 17.3. The fourth-order valence-electron chi connectivity index (χ4n) is 11.6. The summed E-state index contributed by atoms with van der Waals surface area (Å²) in [6, 6.07) is -0.807. The molecule has 1 saturated heterocycles. The van der Waals surface area contributed by atoms with Crippen LogP contribution in [0.2, 0.25) is 0 Å². The molecule has 0 saturated carbocycles. The molecular formula is C72H137NO10. The molecule has 1 aliphatic rings. The maximum absolute atomic E-state index is 13.1. The van der Waals surface area contributed by atoms with Crippen LogP contribution in [0.4, 0.5) is 0 Å². The van der Waals surface area contributed by atoms with E-state index in [2.05, 4.69) is 31.3 Å². The molecule has 1 aliphatic heterocycles. The molecule has 1 rings (SSSR count). The quantitative estimate of drug-likeness (QED) is 0.0195. The summed E-state index contributed by atoms with van der Waals surface area (Å²) in [6.07, 6.45) is 67.5. The second kappa shape index (κ2) is 61.8. The Balaban J connectivity index is 1.94. The van der Waals surface area contributed by atoms with Gasteiger partial charge >= 0.3 is 5.97 Å². The van der Waals surface area contributed by atoms with Crippen LogP contribution in [0.5, 0.6) is 0 Å². The normalized spacial score (nSPS) is 18.2. The second-order valence-corrected chi connectivity index (χ2v) is 25.3. The molecule has 6 N–H and O–H groups in total. The van der Waals surface area contributed by atoms with E-state index in [1.807, 2.05) is 6.08 Å². The van der Waals surface area contributed by atoms with Crippen LogP contribution in [0.25, 0.3) is 0 Å². The van der Waals surface area contributed by atoms with E-state index in [0.29, 0.717) is 19.4 Å². The van der Waals surface area contributed by atoms with Gasteiger partial charge in [0.25, 0.3) is 0 Å². The first kappa shape index (κ1) is 79.2. The number of aliphatic hydroxyl groups excluding tert-OH is 5. The van der Waals surface area contributed by atoms with E-state index in [1.165, 1.54) is 283 Å². The van der Waals surface area contributed by atoms with Crippen molar-refractivity contribution < 1.29 is 49.3 Å². The van der Waals surface area contributed by atoms with Crippen LogP contribution in [0.1, 0.15) is 361 Å². The van der Waals surface area contributed by atoms with Gasteiger partial charge in [-0.1, -0.05) is 314 Å². The van der Waals surface area contributed by atoms with Crippen LogP contribution in [0.15, 0.2) is 24.3 Å².